The Kier molecular flexibility index (Phi) is 7.63. The molecular formula is C30H28N2O5. The molecule has 0 saturated heterocycles. The standard InChI is InChI=1S/C30H28N2O5/c1-20-11-10-12-23(17-20)28(35)36-19-30(24-13-6-4-7-14-24,25-15-8-5-9-16-25)26(27(33)34)37-29-31-21(2)18-22(3)32-29/h4-18,26H,19H2,1-3H3,(H,33,34). The minimum absolute atomic E-state index is 0.0638. The second-order valence-electron chi connectivity index (χ2n) is 8.92. The van der Waals surface area contributed by atoms with Crippen molar-refractivity contribution in [2.24, 2.45) is 0 Å². The van der Waals surface area contributed by atoms with Crippen LogP contribution in [0.5, 0.6) is 6.01 Å². The molecule has 7 nitrogen and oxygen atoms in total. The summed E-state index contributed by atoms with van der Waals surface area (Å²) in [7, 11) is 0. The van der Waals surface area contributed by atoms with Crippen LogP contribution in [0.4, 0.5) is 0 Å². The van der Waals surface area contributed by atoms with Crippen molar-refractivity contribution in [3.8, 4) is 6.01 Å². The molecule has 7 heteroatoms. The van der Waals surface area contributed by atoms with Crippen LogP contribution in [0.1, 0.15) is 38.4 Å². The minimum Gasteiger partial charge on any atom is -0.478 e. The fourth-order valence-electron chi connectivity index (χ4n) is 4.43. The van der Waals surface area contributed by atoms with Gasteiger partial charge in [0.2, 0.25) is 6.10 Å². The third kappa shape index (κ3) is 5.67. The number of esters is 1. The van der Waals surface area contributed by atoms with E-state index in [1.807, 2.05) is 49.4 Å². The maximum absolute atomic E-state index is 13.1. The number of carboxylic acid groups (broad SMARTS) is 1. The van der Waals surface area contributed by atoms with Crippen molar-refractivity contribution in [3.63, 3.8) is 0 Å². The van der Waals surface area contributed by atoms with Crippen LogP contribution in [0.15, 0.2) is 91.0 Å². The smallest absolute Gasteiger partial charge is 0.346 e. The molecule has 0 aliphatic heterocycles. The van der Waals surface area contributed by atoms with Crippen LogP contribution >= 0.6 is 0 Å². The highest BCUT2D eigenvalue weighted by Crippen LogP contribution is 2.38. The summed E-state index contributed by atoms with van der Waals surface area (Å²) in [5, 5.41) is 10.5. The van der Waals surface area contributed by atoms with Crippen LogP contribution in [-0.4, -0.2) is 39.7 Å². The summed E-state index contributed by atoms with van der Waals surface area (Å²) in [4.78, 5) is 34.6. The highest BCUT2D eigenvalue weighted by Gasteiger charge is 2.50. The SMILES string of the molecule is Cc1cccc(C(=O)OCC(c2ccccc2)(c2ccccc2)C(Oc2nc(C)cc(C)n2)C(=O)O)c1. The Morgan fingerprint density at radius 3 is 1.89 bits per heavy atom. The molecule has 1 aromatic heterocycles. The lowest BCUT2D eigenvalue weighted by molar-refractivity contribution is -0.149. The van der Waals surface area contributed by atoms with Crippen molar-refractivity contribution in [1.82, 2.24) is 9.97 Å². The van der Waals surface area contributed by atoms with Gasteiger partial charge in [0, 0.05) is 11.4 Å². The van der Waals surface area contributed by atoms with E-state index in [-0.39, 0.29) is 12.6 Å². The number of aromatic nitrogens is 2. The summed E-state index contributed by atoms with van der Waals surface area (Å²) in [5.74, 6) is -1.81. The van der Waals surface area contributed by atoms with Gasteiger partial charge in [-0.05, 0) is 50.1 Å². The fourth-order valence-corrected chi connectivity index (χ4v) is 4.43. The molecule has 4 rings (SSSR count). The lowest BCUT2D eigenvalue weighted by Crippen LogP contribution is -2.52. The molecule has 0 amide bonds. The summed E-state index contributed by atoms with van der Waals surface area (Å²) in [6.45, 7) is 5.15. The Labute approximate surface area is 215 Å². The topological polar surface area (TPSA) is 98.6 Å². The lowest BCUT2D eigenvalue weighted by Gasteiger charge is -2.38. The van der Waals surface area contributed by atoms with Crippen LogP contribution in [-0.2, 0) is 14.9 Å². The van der Waals surface area contributed by atoms with E-state index in [1.54, 1.807) is 62.4 Å². The summed E-state index contributed by atoms with van der Waals surface area (Å²) >= 11 is 0. The molecule has 1 N–H and O–H groups in total. The van der Waals surface area contributed by atoms with E-state index >= 15 is 0 Å². The molecule has 0 saturated carbocycles. The van der Waals surface area contributed by atoms with Gasteiger partial charge in [-0.15, -0.1) is 0 Å². The van der Waals surface area contributed by atoms with Gasteiger partial charge in [-0.25, -0.2) is 19.6 Å². The van der Waals surface area contributed by atoms with Gasteiger partial charge in [-0.2, -0.15) is 0 Å². The molecule has 0 radical (unpaired) electrons. The van der Waals surface area contributed by atoms with Crippen molar-refractivity contribution < 1.29 is 24.2 Å². The van der Waals surface area contributed by atoms with Crippen molar-refractivity contribution >= 4 is 11.9 Å². The van der Waals surface area contributed by atoms with Crippen molar-refractivity contribution in [2.75, 3.05) is 6.61 Å². The normalized spacial score (nSPS) is 12.0. The Morgan fingerprint density at radius 2 is 1.38 bits per heavy atom. The monoisotopic (exact) mass is 496 g/mol. The van der Waals surface area contributed by atoms with E-state index in [0.29, 0.717) is 28.1 Å². The van der Waals surface area contributed by atoms with Crippen LogP contribution in [0, 0.1) is 20.8 Å². The number of benzene rings is 3. The van der Waals surface area contributed by atoms with E-state index in [4.69, 9.17) is 9.47 Å². The number of aryl methyl sites for hydroxylation is 3. The molecule has 37 heavy (non-hydrogen) atoms. The molecule has 188 valence electrons. The average Bonchev–Trinajstić information content (AvgIpc) is 2.88. The van der Waals surface area contributed by atoms with Gasteiger partial charge in [-0.3, -0.25) is 0 Å². The predicted octanol–water partition coefficient (Wildman–Crippen LogP) is 5.08. The molecule has 4 aromatic rings. The average molecular weight is 497 g/mol. The minimum atomic E-state index is -1.52. The van der Waals surface area contributed by atoms with Gasteiger partial charge in [0.1, 0.15) is 12.0 Å². The zero-order chi connectivity index (χ0) is 26.4. The number of carbonyl (C=O) groups is 2. The third-order valence-electron chi connectivity index (χ3n) is 6.12. The molecular weight excluding hydrogens is 468 g/mol. The molecule has 0 fully saturated rings. The van der Waals surface area contributed by atoms with Gasteiger partial charge in [0.05, 0.1) is 5.56 Å². The number of rotatable bonds is 9. The molecule has 3 aromatic carbocycles. The number of hydrogen-bond donors (Lipinski definition) is 1. The fraction of sp³-hybridized carbons (Fsp3) is 0.200. The molecule has 0 bridgehead atoms. The van der Waals surface area contributed by atoms with Crippen molar-refractivity contribution in [2.45, 2.75) is 32.3 Å². The quantitative estimate of drug-likeness (QED) is 0.323. The second-order valence-corrected chi connectivity index (χ2v) is 8.92. The van der Waals surface area contributed by atoms with E-state index in [1.165, 1.54) is 0 Å². The van der Waals surface area contributed by atoms with Crippen LogP contribution in [0.2, 0.25) is 0 Å². The summed E-state index contributed by atoms with van der Waals surface area (Å²) < 4.78 is 11.9. The third-order valence-corrected chi connectivity index (χ3v) is 6.12. The first kappa shape index (κ1) is 25.6. The molecule has 1 atom stereocenters. The van der Waals surface area contributed by atoms with Gasteiger partial charge >= 0.3 is 17.9 Å². The first-order valence-electron chi connectivity index (χ1n) is 11.9. The number of aliphatic carboxylic acids is 1. The van der Waals surface area contributed by atoms with E-state index in [2.05, 4.69) is 9.97 Å². The zero-order valence-electron chi connectivity index (χ0n) is 20.9. The molecule has 1 heterocycles. The second kappa shape index (κ2) is 11.0. The first-order valence-corrected chi connectivity index (χ1v) is 11.9. The lowest BCUT2D eigenvalue weighted by atomic mass is 9.70. The number of carbonyl (C=O) groups excluding carboxylic acids is 1. The first-order chi connectivity index (χ1) is 17.8. The molecule has 1 unspecified atom stereocenters. The number of hydrogen-bond acceptors (Lipinski definition) is 6. The molecule has 0 spiro atoms. The van der Waals surface area contributed by atoms with E-state index in [9.17, 15) is 14.7 Å². The van der Waals surface area contributed by atoms with Crippen LogP contribution in [0.25, 0.3) is 0 Å². The van der Waals surface area contributed by atoms with E-state index in [0.717, 1.165) is 5.56 Å². The highest BCUT2D eigenvalue weighted by molar-refractivity contribution is 5.89. The molecule has 0 aliphatic carbocycles. The van der Waals surface area contributed by atoms with Crippen LogP contribution < -0.4 is 4.74 Å². The maximum atomic E-state index is 13.1. The zero-order valence-corrected chi connectivity index (χ0v) is 20.9. The predicted molar refractivity (Wildman–Crippen MR) is 139 cm³/mol. The number of nitrogens with zero attached hydrogens (tertiary/aromatic N) is 2. The summed E-state index contributed by atoms with van der Waals surface area (Å²) in [6.07, 6.45) is -1.52. The number of ether oxygens (including phenoxy) is 2. The maximum Gasteiger partial charge on any atom is 0.346 e. The Hall–Kier alpha value is -4.52. The Balaban J connectivity index is 1.86. The van der Waals surface area contributed by atoms with Gasteiger partial charge in [0.25, 0.3) is 0 Å². The van der Waals surface area contributed by atoms with Gasteiger partial charge < -0.3 is 14.6 Å². The highest BCUT2D eigenvalue weighted by atomic mass is 16.5. The van der Waals surface area contributed by atoms with E-state index < -0.39 is 23.5 Å². The van der Waals surface area contributed by atoms with Gasteiger partial charge in [-0.1, -0.05) is 78.4 Å². The Bertz CT molecular complexity index is 1330. The van der Waals surface area contributed by atoms with Crippen molar-refractivity contribution in [1.29, 1.82) is 0 Å². The Morgan fingerprint density at radius 1 is 0.811 bits per heavy atom. The number of carboxylic acids is 1. The van der Waals surface area contributed by atoms with Crippen LogP contribution in [0.3, 0.4) is 0 Å². The summed E-state index contributed by atoms with van der Waals surface area (Å²) in [5.41, 5.74) is 2.36. The summed E-state index contributed by atoms with van der Waals surface area (Å²) in [6, 6.07) is 26.9. The van der Waals surface area contributed by atoms with Crippen molar-refractivity contribution in [3.05, 3.63) is 125 Å². The largest absolute Gasteiger partial charge is 0.478 e. The van der Waals surface area contributed by atoms with Gasteiger partial charge in [0.15, 0.2) is 0 Å². The molecule has 0 aliphatic rings.